The summed E-state index contributed by atoms with van der Waals surface area (Å²) in [5.74, 6) is 0.881. The molecule has 1 fully saturated rings. The summed E-state index contributed by atoms with van der Waals surface area (Å²) >= 11 is 1.58. The predicted octanol–water partition coefficient (Wildman–Crippen LogP) is 6.36. The molecule has 4 aromatic rings. The van der Waals surface area contributed by atoms with Crippen molar-refractivity contribution in [3.63, 3.8) is 0 Å². The molecule has 188 valence electrons. The fraction of sp³-hybridized carbons (Fsp3) is 0.233. The lowest BCUT2D eigenvalue weighted by Gasteiger charge is -2.30. The fourth-order valence-electron chi connectivity index (χ4n) is 4.56. The Kier molecular flexibility index (Phi) is 8.03. The van der Waals surface area contributed by atoms with E-state index in [1.165, 1.54) is 5.56 Å². The number of hydrogen-bond donors (Lipinski definition) is 1. The third-order valence-corrected chi connectivity index (χ3v) is 7.64. The second-order valence-corrected chi connectivity index (χ2v) is 9.95. The molecular formula is C30H30N4O2S. The highest BCUT2D eigenvalue weighted by Crippen LogP contribution is 2.33. The molecule has 3 heterocycles. The van der Waals surface area contributed by atoms with Crippen LogP contribution < -0.4 is 10.1 Å². The van der Waals surface area contributed by atoms with E-state index in [1.54, 1.807) is 18.4 Å². The number of methoxy groups -OCH3 is 1. The molecule has 0 atom stereocenters. The Labute approximate surface area is 221 Å². The zero-order valence-corrected chi connectivity index (χ0v) is 21.7. The van der Waals surface area contributed by atoms with Gasteiger partial charge in [0.25, 0.3) is 5.91 Å². The number of likely N-dealkylation sites (tertiary alicyclic amines) is 1. The van der Waals surface area contributed by atoms with Crippen LogP contribution in [0.2, 0.25) is 0 Å². The predicted molar refractivity (Wildman–Crippen MR) is 150 cm³/mol. The van der Waals surface area contributed by atoms with Crippen molar-refractivity contribution >= 4 is 29.0 Å². The van der Waals surface area contributed by atoms with Crippen LogP contribution in [0.4, 0.5) is 5.69 Å². The van der Waals surface area contributed by atoms with E-state index in [4.69, 9.17) is 9.72 Å². The average Bonchev–Trinajstić information content (AvgIpc) is 3.45. The van der Waals surface area contributed by atoms with Gasteiger partial charge in [-0.25, -0.2) is 4.98 Å². The third kappa shape index (κ3) is 6.31. The SMILES string of the molecule is COc1ccc(-c2ccccc2)c(NC(=O)c2csc(C3CCN(C/C=C\c4ccncc4)CC3)n2)c1. The molecule has 1 amide bonds. The molecule has 5 rings (SSSR count). The number of rotatable bonds is 8. The topological polar surface area (TPSA) is 67.3 Å². The van der Waals surface area contributed by atoms with Crippen LogP contribution in [0.25, 0.3) is 17.2 Å². The quantitative estimate of drug-likeness (QED) is 0.299. The van der Waals surface area contributed by atoms with Crippen molar-refractivity contribution in [1.82, 2.24) is 14.9 Å². The maximum absolute atomic E-state index is 13.2. The van der Waals surface area contributed by atoms with Gasteiger partial charge >= 0.3 is 0 Å². The van der Waals surface area contributed by atoms with E-state index in [9.17, 15) is 4.79 Å². The summed E-state index contributed by atoms with van der Waals surface area (Å²) in [7, 11) is 1.62. The number of aromatic nitrogens is 2. The van der Waals surface area contributed by atoms with Gasteiger partial charge in [-0.3, -0.25) is 14.7 Å². The van der Waals surface area contributed by atoms with Gasteiger partial charge in [0, 0.05) is 41.9 Å². The first kappa shape index (κ1) is 24.9. The molecular weight excluding hydrogens is 480 g/mol. The van der Waals surface area contributed by atoms with Crippen LogP contribution in [0.15, 0.2) is 84.5 Å². The van der Waals surface area contributed by atoms with E-state index < -0.39 is 0 Å². The lowest BCUT2D eigenvalue weighted by Crippen LogP contribution is -2.33. The Balaban J connectivity index is 1.20. The number of nitrogens with zero attached hydrogens (tertiary/aromatic N) is 3. The highest BCUT2D eigenvalue weighted by Gasteiger charge is 2.24. The smallest absolute Gasteiger partial charge is 0.275 e. The Morgan fingerprint density at radius 1 is 1.11 bits per heavy atom. The number of piperidine rings is 1. The highest BCUT2D eigenvalue weighted by atomic mass is 32.1. The lowest BCUT2D eigenvalue weighted by molar-refractivity contribution is 0.102. The first-order valence-electron chi connectivity index (χ1n) is 12.5. The summed E-state index contributed by atoms with van der Waals surface area (Å²) in [5.41, 5.74) is 4.31. The normalized spacial score (nSPS) is 14.6. The van der Waals surface area contributed by atoms with Crippen LogP contribution in [0.5, 0.6) is 5.75 Å². The number of carbonyl (C=O) groups is 1. The Hall–Kier alpha value is -3.81. The summed E-state index contributed by atoms with van der Waals surface area (Å²) < 4.78 is 5.40. The second-order valence-electron chi connectivity index (χ2n) is 9.06. The molecule has 2 aromatic carbocycles. The average molecular weight is 511 g/mol. The van der Waals surface area contributed by atoms with E-state index in [0.717, 1.165) is 48.6 Å². The molecule has 1 saturated heterocycles. The highest BCUT2D eigenvalue weighted by molar-refractivity contribution is 7.10. The summed E-state index contributed by atoms with van der Waals surface area (Å²) in [5, 5.41) is 5.98. The molecule has 2 aromatic heterocycles. The summed E-state index contributed by atoms with van der Waals surface area (Å²) in [6.45, 7) is 2.98. The van der Waals surface area contributed by atoms with Crippen LogP contribution in [-0.2, 0) is 0 Å². The van der Waals surface area contributed by atoms with Gasteiger partial charge in [0.05, 0.1) is 17.8 Å². The van der Waals surface area contributed by atoms with Crippen molar-refractivity contribution in [2.45, 2.75) is 18.8 Å². The zero-order valence-electron chi connectivity index (χ0n) is 20.8. The third-order valence-electron chi connectivity index (χ3n) is 6.63. The molecule has 1 aliphatic rings. The molecule has 0 bridgehead atoms. The fourth-order valence-corrected chi connectivity index (χ4v) is 5.54. The van der Waals surface area contributed by atoms with Gasteiger partial charge < -0.3 is 10.1 Å². The first-order valence-corrected chi connectivity index (χ1v) is 13.4. The Morgan fingerprint density at radius 2 is 1.89 bits per heavy atom. The molecule has 0 spiro atoms. The van der Waals surface area contributed by atoms with Crippen molar-refractivity contribution in [1.29, 1.82) is 0 Å². The number of thiazole rings is 1. The molecule has 0 aliphatic carbocycles. The molecule has 1 N–H and O–H groups in total. The lowest BCUT2D eigenvalue weighted by atomic mass is 9.97. The number of nitrogens with one attached hydrogen (secondary N) is 1. The second kappa shape index (κ2) is 12.0. The van der Waals surface area contributed by atoms with Gasteiger partial charge in [-0.05, 0) is 61.3 Å². The summed E-state index contributed by atoms with van der Waals surface area (Å²) in [6, 6.07) is 19.8. The molecule has 7 heteroatoms. The number of carbonyl (C=O) groups excluding carboxylic acids is 1. The van der Waals surface area contributed by atoms with E-state index >= 15 is 0 Å². The van der Waals surface area contributed by atoms with Crippen molar-refractivity contribution in [2.75, 3.05) is 32.1 Å². The number of pyridine rings is 1. The number of hydrogen-bond acceptors (Lipinski definition) is 6. The van der Waals surface area contributed by atoms with Gasteiger partial charge in [-0.1, -0.05) is 42.5 Å². The van der Waals surface area contributed by atoms with Gasteiger partial charge in [0.15, 0.2) is 0 Å². The van der Waals surface area contributed by atoms with Crippen molar-refractivity contribution in [3.8, 4) is 16.9 Å². The van der Waals surface area contributed by atoms with Crippen molar-refractivity contribution in [3.05, 3.63) is 101 Å². The molecule has 0 radical (unpaired) electrons. The van der Waals surface area contributed by atoms with E-state index in [-0.39, 0.29) is 5.91 Å². The Bertz CT molecular complexity index is 1350. The summed E-state index contributed by atoms with van der Waals surface area (Å²) in [4.78, 5) is 24.4. The first-order chi connectivity index (χ1) is 18.2. The maximum atomic E-state index is 13.2. The maximum Gasteiger partial charge on any atom is 0.275 e. The van der Waals surface area contributed by atoms with Gasteiger partial charge in [0.2, 0.25) is 0 Å². The molecule has 0 saturated carbocycles. The largest absolute Gasteiger partial charge is 0.497 e. The number of anilines is 1. The van der Waals surface area contributed by atoms with Crippen molar-refractivity contribution in [2.24, 2.45) is 0 Å². The van der Waals surface area contributed by atoms with Gasteiger partial charge in [0.1, 0.15) is 11.4 Å². The van der Waals surface area contributed by atoms with E-state index in [0.29, 0.717) is 23.0 Å². The monoisotopic (exact) mass is 510 g/mol. The van der Waals surface area contributed by atoms with Crippen LogP contribution in [0.3, 0.4) is 0 Å². The minimum absolute atomic E-state index is 0.202. The minimum Gasteiger partial charge on any atom is -0.497 e. The molecule has 1 aliphatic heterocycles. The van der Waals surface area contributed by atoms with E-state index in [1.807, 2.05) is 78.4 Å². The standard InChI is InChI=1S/C30H30N4O2S/c1-36-25-9-10-26(23-7-3-2-4-8-23)27(20-25)32-29(35)28-21-37-30(33-28)24-13-18-34(19-14-24)17-5-6-22-11-15-31-16-12-22/h2-12,15-16,20-21,24H,13-14,17-19H2,1H3,(H,32,35)/b6-5-. The zero-order chi connectivity index (χ0) is 25.5. The molecule has 6 nitrogen and oxygen atoms in total. The number of ether oxygens (including phenoxy) is 1. The number of amides is 1. The van der Waals surface area contributed by atoms with Crippen LogP contribution >= 0.6 is 11.3 Å². The molecule has 37 heavy (non-hydrogen) atoms. The van der Waals surface area contributed by atoms with Gasteiger partial charge in [-0.15, -0.1) is 11.3 Å². The van der Waals surface area contributed by atoms with Crippen LogP contribution in [-0.4, -0.2) is 47.5 Å². The number of benzene rings is 2. The van der Waals surface area contributed by atoms with Crippen molar-refractivity contribution < 1.29 is 9.53 Å². The minimum atomic E-state index is -0.202. The summed E-state index contributed by atoms with van der Waals surface area (Å²) in [6.07, 6.45) is 10.1. The molecule has 0 unspecified atom stereocenters. The van der Waals surface area contributed by atoms with Crippen LogP contribution in [0, 0.1) is 0 Å². The van der Waals surface area contributed by atoms with Crippen LogP contribution in [0.1, 0.15) is 39.8 Å². The van der Waals surface area contributed by atoms with E-state index in [2.05, 4.69) is 27.4 Å². The Morgan fingerprint density at radius 3 is 2.65 bits per heavy atom. The van der Waals surface area contributed by atoms with Gasteiger partial charge in [-0.2, -0.15) is 0 Å².